The predicted molar refractivity (Wildman–Crippen MR) is 183 cm³/mol. The van der Waals surface area contributed by atoms with Gasteiger partial charge in [0.1, 0.15) is 23.0 Å². The maximum atomic E-state index is 13.9. The second-order valence-electron chi connectivity index (χ2n) is 13.7. The van der Waals surface area contributed by atoms with Crippen molar-refractivity contribution in [1.29, 1.82) is 0 Å². The predicted octanol–water partition coefficient (Wildman–Crippen LogP) is 1.71. The van der Waals surface area contributed by atoms with Crippen molar-refractivity contribution in [2.75, 3.05) is 7.11 Å². The largest absolute Gasteiger partial charge is 0.507 e. The highest BCUT2D eigenvalue weighted by atomic mass is 16.5. The van der Waals surface area contributed by atoms with Gasteiger partial charge in [-0.3, -0.25) is 24.0 Å². The Kier molecular flexibility index (Phi) is 12.4. The van der Waals surface area contributed by atoms with Gasteiger partial charge in [-0.15, -0.1) is 0 Å². The topological polar surface area (TPSA) is 248 Å². The third-order valence-corrected chi connectivity index (χ3v) is 9.99. The lowest BCUT2D eigenvalue weighted by Gasteiger charge is -2.38. The molecule has 0 fully saturated rings. The highest BCUT2D eigenvalue weighted by Crippen LogP contribution is 2.43. The fourth-order valence-corrected chi connectivity index (χ4v) is 6.50. The first-order valence-corrected chi connectivity index (χ1v) is 16.3. The molecule has 1 aliphatic carbocycles. The average molecular weight is 714 g/mol. The summed E-state index contributed by atoms with van der Waals surface area (Å²) in [6, 6.07) is 0. The number of carbonyl (C=O) groups excluding carboxylic acids is 5. The number of benzene rings is 1. The molecule has 51 heavy (non-hydrogen) atoms. The molecular weight excluding hydrogens is 666 g/mol. The molecule has 4 rings (SSSR count). The molecule has 0 radical (unpaired) electrons. The molecule has 8 N–H and O–H groups in total. The first-order valence-electron chi connectivity index (χ1n) is 16.3. The second kappa shape index (κ2) is 15.4. The molecule has 2 aliphatic heterocycles. The Hall–Kier alpha value is -4.47. The van der Waals surface area contributed by atoms with Crippen LogP contribution in [0.2, 0.25) is 0 Å². The number of methoxy groups -OCH3 is 1. The molecule has 0 saturated carbocycles. The van der Waals surface area contributed by atoms with Crippen molar-refractivity contribution < 1.29 is 64.5 Å². The normalized spacial score (nSPS) is 31.6. The number of aliphatic hydroxyl groups is 5. The highest BCUT2D eigenvalue weighted by Gasteiger charge is 2.47. The zero-order valence-electron chi connectivity index (χ0n) is 30.0. The van der Waals surface area contributed by atoms with E-state index in [4.69, 9.17) is 4.74 Å². The zero-order valence-corrected chi connectivity index (χ0v) is 30.0. The Labute approximate surface area is 295 Å². The molecule has 1 aromatic rings. The number of rotatable bonds is 1. The van der Waals surface area contributed by atoms with Crippen LogP contribution < -0.4 is 5.32 Å². The number of aliphatic hydroxyl groups excluding tert-OH is 4. The number of fused-ring (bicyclic) bond motifs is 15. The van der Waals surface area contributed by atoms with Crippen LogP contribution in [0.3, 0.4) is 0 Å². The summed E-state index contributed by atoms with van der Waals surface area (Å²) in [5.41, 5.74) is -5.67. The Morgan fingerprint density at radius 3 is 1.86 bits per heavy atom. The maximum absolute atomic E-state index is 13.9. The van der Waals surface area contributed by atoms with Gasteiger partial charge in [-0.25, -0.2) is 0 Å². The first-order chi connectivity index (χ1) is 23.5. The van der Waals surface area contributed by atoms with E-state index in [2.05, 4.69) is 5.32 Å². The van der Waals surface area contributed by atoms with Crippen molar-refractivity contribution in [3.8, 4) is 11.5 Å². The number of ketones is 3. The Balaban J connectivity index is 2.32. The molecule has 2 heterocycles. The van der Waals surface area contributed by atoms with Gasteiger partial charge in [0.25, 0.3) is 5.91 Å². The number of aromatic hydroxyl groups is 2. The minimum absolute atomic E-state index is 0.0574. The number of ether oxygens (including phenoxy) is 1. The Morgan fingerprint density at radius 1 is 0.784 bits per heavy atom. The first kappa shape index (κ1) is 41.0. The van der Waals surface area contributed by atoms with Crippen molar-refractivity contribution in [3.05, 3.63) is 69.0 Å². The number of amides is 1. The van der Waals surface area contributed by atoms with Crippen LogP contribution in [0.5, 0.6) is 11.5 Å². The van der Waals surface area contributed by atoms with Crippen LogP contribution in [0.15, 0.2) is 46.7 Å². The number of nitrogens with one attached hydrogen (secondary N) is 1. The van der Waals surface area contributed by atoms with Crippen LogP contribution >= 0.6 is 0 Å². The molecular formula is C37H47NO13. The molecule has 4 bridgehead atoms. The van der Waals surface area contributed by atoms with Crippen LogP contribution in [0, 0.1) is 30.6 Å². The highest BCUT2D eigenvalue weighted by molar-refractivity contribution is 6.32. The van der Waals surface area contributed by atoms with Gasteiger partial charge in [-0.2, -0.15) is 0 Å². The van der Waals surface area contributed by atoms with Crippen molar-refractivity contribution in [2.45, 2.75) is 85.4 Å². The van der Waals surface area contributed by atoms with Crippen molar-refractivity contribution in [3.63, 3.8) is 0 Å². The van der Waals surface area contributed by atoms with Crippen molar-refractivity contribution in [1.82, 2.24) is 5.32 Å². The van der Waals surface area contributed by atoms with E-state index in [9.17, 15) is 59.7 Å². The summed E-state index contributed by atoms with van der Waals surface area (Å²) in [5, 5.41) is 80.8. The summed E-state index contributed by atoms with van der Waals surface area (Å²) in [6.45, 7) is 10.4. The van der Waals surface area contributed by atoms with Gasteiger partial charge < -0.3 is 45.8 Å². The quantitative estimate of drug-likeness (QED) is 0.193. The smallest absolute Gasteiger partial charge is 0.313 e. The van der Waals surface area contributed by atoms with E-state index in [1.54, 1.807) is 6.92 Å². The number of carbonyl (C=O) groups is 5. The molecule has 278 valence electrons. The number of esters is 1. The fourth-order valence-electron chi connectivity index (χ4n) is 6.50. The van der Waals surface area contributed by atoms with E-state index in [0.29, 0.717) is 0 Å². The van der Waals surface area contributed by atoms with E-state index in [-0.39, 0.29) is 22.3 Å². The number of phenols is 2. The number of allylic oxidation sites excluding steroid dienone is 5. The third kappa shape index (κ3) is 7.60. The lowest BCUT2D eigenvalue weighted by atomic mass is 9.75. The van der Waals surface area contributed by atoms with E-state index in [1.807, 2.05) is 0 Å². The summed E-state index contributed by atoms with van der Waals surface area (Å²) in [5.74, 6) is -11.4. The molecule has 0 unspecified atom stereocenters. The van der Waals surface area contributed by atoms with Crippen LogP contribution in [0.25, 0.3) is 0 Å². The van der Waals surface area contributed by atoms with Crippen molar-refractivity contribution >= 4 is 29.2 Å². The van der Waals surface area contributed by atoms with E-state index in [1.165, 1.54) is 59.8 Å². The summed E-state index contributed by atoms with van der Waals surface area (Å²) < 4.78 is 4.83. The van der Waals surface area contributed by atoms with Gasteiger partial charge in [-0.05, 0) is 46.3 Å². The molecule has 0 saturated heterocycles. The summed E-state index contributed by atoms with van der Waals surface area (Å²) in [4.78, 5) is 67.6. The zero-order chi connectivity index (χ0) is 39.0. The maximum Gasteiger partial charge on any atom is 0.313 e. The Morgan fingerprint density at radius 2 is 1.31 bits per heavy atom. The molecule has 0 aromatic heterocycles. The standard InChI is InChI=1S/C37H47NO13/c1-14-11-10-12-15(2)35(48)38-25-17(4)28(41)21-22(29(42)19(6)30(43)23(21)33(25)46)27(40)16(3)13-37(8,50)34(47)20(7)32(45)24(36(49)51-9)31(44)18(5)26(14)39/h10-14,18,20,24,26,31-32,34,39,42-45,47,50H,1-9H3,(H,38,48)/t14-,18-,20+,24+,26-,31-,32-,34-,37-/m1/s1. The molecule has 9 atom stereocenters. The van der Waals surface area contributed by atoms with Crippen LogP contribution in [-0.2, 0) is 14.3 Å². The summed E-state index contributed by atoms with van der Waals surface area (Å²) in [6.07, 6.45) is -1.63. The SMILES string of the molecule is COC(=O)[C@H]1[C@H](O)[C@H](C)[C@H](O)[C@H](C)C=CC=C(C)C(=O)NC2=C(C)C(=O)c3c(c(O)c(C)c(O)c3C2=O)C(=O)C(C)=C[C@@](C)(O)[C@H](O)[C@@H](C)[C@H]1O. The number of hydrogen-bond donors (Lipinski definition) is 8. The van der Waals surface area contributed by atoms with Gasteiger partial charge in [0, 0.05) is 34.5 Å². The van der Waals surface area contributed by atoms with E-state index >= 15 is 0 Å². The van der Waals surface area contributed by atoms with Crippen LogP contribution in [0.1, 0.15) is 85.1 Å². The molecule has 14 nitrogen and oxygen atoms in total. The molecule has 1 amide bonds. The average Bonchev–Trinajstić information content (AvgIpc) is 3.08. The third-order valence-electron chi connectivity index (χ3n) is 9.99. The summed E-state index contributed by atoms with van der Waals surface area (Å²) in [7, 11) is 1.02. The molecule has 0 spiro atoms. The monoisotopic (exact) mass is 713 g/mol. The van der Waals surface area contributed by atoms with Gasteiger partial charge >= 0.3 is 5.97 Å². The lowest BCUT2D eigenvalue weighted by Crippen LogP contribution is -2.53. The molecule has 1 aromatic carbocycles. The van der Waals surface area contributed by atoms with Gasteiger partial charge in [0.15, 0.2) is 11.6 Å². The van der Waals surface area contributed by atoms with E-state index < -0.39 is 117 Å². The Bertz CT molecular complexity index is 1770. The second-order valence-corrected chi connectivity index (χ2v) is 13.7. The number of Topliss-reactive ketones (excluding diaryl/α,β-unsaturated/α-hetero) is 3. The lowest BCUT2D eigenvalue weighted by molar-refractivity contribution is -0.168. The summed E-state index contributed by atoms with van der Waals surface area (Å²) >= 11 is 0. The molecule has 14 heteroatoms. The van der Waals surface area contributed by atoms with Gasteiger partial charge in [-0.1, -0.05) is 39.0 Å². The molecule has 3 aliphatic rings. The van der Waals surface area contributed by atoms with E-state index in [0.717, 1.165) is 20.1 Å². The van der Waals surface area contributed by atoms with Gasteiger partial charge in [0.05, 0.1) is 53.9 Å². The number of phenolic OH excluding ortho intramolecular Hbond substituents is 2. The number of hydrogen-bond acceptors (Lipinski definition) is 13. The minimum Gasteiger partial charge on any atom is -0.507 e. The van der Waals surface area contributed by atoms with Crippen LogP contribution in [0.4, 0.5) is 0 Å². The van der Waals surface area contributed by atoms with Crippen LogP contribution in [-0.4, -0.2) is 102 Å². The minimum atomic E-state index is -2.34. The van der Waals surface area contributed by atoms with Crippen molar-refractivity contribution in [2.24, 2.45) is 23.7 Å². The van der Waals surface area contributed by atoms with Gasteiger partial charge in [0.2, 0.25) is 5.78 Å². The fraction of sp³-hybridized carbons (Fsp3) is 0.486.